The molecule has 0 aromatic carbocycles. The number of nitrogens with one attached hydrogen (secondary N) is 1. The van der Waals surface area contributed by atoms with Gasteiger partial charge in [0.1, 0.15) is 6.04 Å². The summed E-state index contributed by atoms with van der Waals surface area (Å²) in [5, 5.41) is 11.6. The quantitative estimate of drug-likeness (QED) is 0.591. The molecule has 1 rings (SSSR count). The summed E-state index contributed by atoms with van der Waals surface area (Å²) in [6.07, 6.45) is 10.7. The van der Waals surface area contributed by atoms with E-state index in [2.05, 4.69) is 31.0 Å². The van der Waals surface area contributed by atoms with Crippen LogP contribution in [-0.2, 0) is 14.4 Å². The fourth-order valence-corrected chi connectivity index (χ4v) is 3.31. The molecule has 2 N–H and O–H groups in total. The predicted octanol–water partition coefficient (Wildman–Crippen LogP) is 2.94. The van der Waals surface area contributed by atoms with Crippen LogP contribution in [0.25, 0.3) is 0 Å². The third-order valence-electron chi connectivity index (χ3n) is 3.84. The first-order valence-electron chi connectivity index (χ1n) is 8.07. The molecule has 1 aliphatic rings. The second-order valence-corrected chi connectivity index (χ2v) is 6.88. The summed E-state index contributed by atoms with van der Waals surface area (Å²) in [6, 6.07) is -1.02. The molecule has 0 spiro atoms. The molecule has 5 nitrogen and oxygen atoms in total. The predicted molar refractivity (Wildman–Crippen MR) is 96.6 cm³/mol. The monoisotopic (exact) mass is 351 g/mol. The average molecular weight is 351 g/mol. The summed E-state index contributed by atoms with van der Waals surface area (Å²) >= 11 is 1.23. The first-order valence-corrected chi connectivity index (χ1v) is 9.06. The lowest BCUT2D eigenvalue weighted by Gasteiger charge is -2.19. The molecule has 1 amide bonds. The Morgan fingerprint density at radius 2 is 2.00 bits per heavy atom. The fourth-order valence-electron chi connectivity index (χ4n) is 2.25. The van der Waals surface area contributed by atoms with Crippen LogP contribution in [-0.4, -0.2) is 33.9 Å². The van der Waals surface area contributed by atoms with Gasteiger partial charge in [0.15, 0.2) is 5.12 Å². The van der Waals surface area contributed by atoms with E-state index in [0.29, 0.717) is 24.0 Å². The van der Waals surface area contributed by atoms with Crippen molar-refractivity contribution in [1.82, 2.24) is 5.32 Å². The smallest absolute Gasteiger partial charge is 0.326 e. The number of rotatable bonds is 10. The van der Waals surface area contributed by atoms with Crippen LogP contribution in [0.5, 0.6) is 0 Å². The zero-order valence-corrected chi connectivity index (χ0v) is 14.8. The summed E-state index contributed by atoms with van der Waals surface area (Å²) in [7, 11) is 0. The van der Waals surface area contributed by atoms with Crippen LogP contribution < -0.4 is 5.32 Å². The van der Waals surface area contributed by atoms with Crippen molar-refractivity contribution in [2.75, 3.05) is 5.75 Å². The zero-order chi connectivity index (χ0) is 17.9. The van der Waals surface area contributed by atoms with Crippen LogP contribution in [0.15, 0.2) is 37.0 Å². The van der Waals surface area contributed by atoms with E-state index < -0.39 is 12.0 Å². The molecule has 2 unspecified atom stereocenters. The molecule has 0 saturated carbocycles. The van der Waals surface area contributed by atoms with E-state index >= 15 is 0 Å². The van der Waals surface area contributed by atoms with Crippen LogP contribution in [0.1, 0.15) is 32.6 Å². The lowest BCUT2D eigenvalue weighted by Crippen LogP contribution is -2.40. The molecule has 0 aromatic heterocycles. The van der Waals surface area contributed by atoms with Gasteiger partial charge in [0.25, 0.3) is 0 Å². The van der Waals surface area contributed by atoms with Gasteiger partial charge in [0, 0.05) is 18.6 Å². The van der Waals surface area contributed by atoms with E-state index in [-0.39, 0.29) is 30.3 Å². The van der Waals surface area contributed by atoms with Gasteiger partial charge >= 0.3 is 5.97 Å². The fraction of sp³-hybridized carbons (Fsp3) is 0.500. The summed E-state index contributed by atoms with van der Waals surface area (Å²) < 4.78 is 0. The topological polar surface area (TPSA) is 83.5 Å². The van der Waals surface area contributed by atoms with E-state index in [1.165, 1.54) is 11.8 Å². The molecule has 0 radical (unpaired) electrons. The van der Waals surface area contributed by atoms with E-state index in [0.717, 1.165) is 0 Å². The maximum Gasteiger partial charge on any atom is 0.326 e. The van der Waals surface area contributed by atoms with E-state index in [4.69, 9.17) is 5.11 Å². The van der Waals surface area contributed by atoms with Crippen molar-refractivity contribution in [3.8, 4) is 0 Å². The maximum atomic E-state index is 12.0. The lowest BCUT2D eigenvalue weighted by molar-refractivity contribution is -0.142. The van der Waals surface area contributed by atoms with Crippen molar-refractivity contribution in [2.45, 2.75) is 38.6 Å². The molecule has 0 fully saturated rings. The van der Waals surface area contributed by atoms with Gasteiger partial charge in [0.2, 0.25) is 5.91 Å². The Kier molecular flexibility index (Phi) is 9.15. The number of hydrogen-bond donors (Lipinski definition) is 2. The average Bonchev–Trinajstić information content (AvgIpc) is 2.55. The first kappa shape index (κ1) is 20.2. The highest BCUT2D eigenvalue weighted by Crippen LogP contribution is 2.24. The minimum Gasteiger partial charge on any atom is -0.480 e. The highest BCUT2D eigenvalue weighted by atomic mass is 32.2. The summed E-state index contributed by atoms with van der Waals surface area (Å²) in [4.78, 5) is 34.8. The van der Waals surface area contributed by atoms with E-state index in [1.54, 1.807) is 6.08 Å². The van der Waals surface area contributed by atoms with Gasteiger partial charge in [-0.15, -0.1) is 6.58 Å². The Morgan fingerprint density at radius 3 is 2.62 bits per heavy atom. The molecule has 6 heteroatoms. The van der Waals surface area contributed by atoms with Crippen LogP contribution in [0, 0.1) is 11.8 Å². The SMILES string of the molecule is C=CCCC(=O)N[C@@H](CCC(=O)SCC1C=CC=CC1C)C(=O)O. The number of allylic oxidation sites excluding steroid dienone is 5. The summed E-state index contributed by atoms with van der Waals surface area (Å²) in [5.74, 6) is -0.0577. The first-order chi connectivity index (χ1) is 11.4. The van der Waals surface area contributed by atoms with Gasteiger partial charge in [0.05, 0.1) is 0 Å². The van der Waals surface area contributed by atoms with Gasteiger partial charge in [-0.25, -0.2) is 4.79 Å². The normalized spacial score (nSPS) is 20.4. The second-order valence-electron chi connectivity index (χ2n) is 5.80. The van der Waals surface area contributed by atoms with Crippen molar-refractivity contribution in [3.05, 3.63) is 37.0 Å². The molecule has 0 aliphatic heterocycles. The molecular weight excluding hydrogens is 326 g/mol. The highest BCUT2D eigenvalue weighted by Gasteiger charge is 2.21. The van der Waals surface area contributed by atoms with Gasteiger partial charge in [-0.3, -0.25) is 9.59 Å². The van der Waals surface area contributed by atoms with Gasteiger partial charge in [-0.1, -0.05) is 49.1 Å². The largest absolute Gasteiger partial charge is 0.480 e. The second kappa shape index (κ2) is 10.9. The Bertz CT molecular complexity index is 527. The van der Waals surface area contributed by atoms with Crippen LogP contribution in [0.4, 0.5) is 0 Å². The van der Waals surface area contributed by atoms with Gasteiger partial charge in [-0.2, -0.15) is 0 Å². The van der Waals surface area contributed by atoms with Crippen molar-refractivity contribution in [1.29, 1.82) is 0 Å². The molecular formula is C18H25NO4S. The number of amides is 1. The minimum atomic E-state index is -1.12. The number of thioether (sulfide) groups is 1. The Balaban J connectivity index is 2.35. The van der Waals surface area contributed by atoms with Crippen molar-refractivity contribution >= 4 is 28.8 Å². The number of carboxylic acids is 1. The highest BCUT2D eigenvalue weighted by molar-refractivity contribution is 8.13. The minimum absolute atomic E-state index is 0.0447. The molecule has 0 aromatic rings. The molecule has 0 heterocycles. The molecule has 24 heavy (non-hydrogen) atoms. The van der Waals surface area contributed by atoms with Crippen LogP contribution >= 0.6 is 11.8 Å². The standard InChI is InChI=1S/C18H25NO4S/c1-3-4-9-16(20)19-15(18(22)23)10-11-17(21)24-12-14-8-6-5-7-13(14)2/h3,5-8,13-15H,1,4,9-12H2,2H3,(H,19,20)(H,22,23)/t13?,14?,15-/m0/s1. The molecule has 0 saturated heterocycles. The van der Waals surface area contributed by atoms with Crippen molar-refractivity contribution < 1.29 is 19.5 Å². The Hall–Kier alpha value is -1.82. The maximum absolute atomic E-state index is 12.0. The molecule has 132 valence electrons. The number of carboxylic acid groups (broad SMARTS) is 1. The van der Waals surface area contributed by atoms with Crippen molar-refractivity contribution in [3.63, 3.8) is 0 Å². The third kappa shape index (κ3) is 7.64. The van der Waals surface area contributed by atoms with E-state index in [1.807, 2.05) is 12.2 Å². The Morgan fingerprint density at radius 1 is 1.29 bits per heavy atom. The summed E-state index contributed by atoms with van der Waals surface area (Å²) in [6.45, 7) is 5.62. The van der Waals surface area contributed by atoms with Gasteiger partial charge < -0.3 is 10.4 Å². The van der Waals surface area contributed by atoms with Gasteiger partial charge in [-0.05, 0) is 24.7 Å². The number of aliphatic carboxylic acids is 1. The number of carbonyl (C=O) groups is 3. The Labute approximate surface area is 147 Å². The van der Waals surface area contributed by atoms with Crippen LogP contribution in [0.3, 0.4) is 0 Å². The lowest BCUT2D eigenvalue weighted by atomic mass is 9.92. The molecule has 0 bridgehead atoms. The van der Waals surface area contributed by atoms with E-state index in [9.17, 15) is 14.4 Å². The van der Waals surface area contributed by atoms with Crippen LogP contribution in [0.2, 0.25) is 0 Å². The molecule has 3 atom stereocenters. The molecule has 1 aliphatic carbocycles. The third-order valence-corrected chi connectivity index (χ3v) is 4.92. The zero-order valence-electron chi connectivity index (χ0n) is 13.9. The summed E-state index contributed by atoms with van der Waals surface area (Å²) in [5.41, 5.74) is 0. The number of hydrogen-bond acceptors (Lipinski definition) is 4. The van der Waals surface area contributed by atoms with Crippen molar-refractivity contribution in [2.24, 2.45) is 11.8 Å². The number of carbonyl (C=O) groups excluding carboxylic acids is 2.